The van der Waals surface area contributed by atoms with Crippen LogP contribution in [0.25, 0.3) is 0 Å². The van der Waals surface area contributed by atoms with Gasteiger partial charge in [-0.3, -0.25) is 9.59 Å². The van der Waals surface area contributed by atoms with E-state index in [4.69, 9.17) is 0 Å². The van der Waals surface area contributed by atoms with E-state index in [1.807, 2.05) is 60.7 Å². The van der Waals surface area contributed by atoms with Gasteiger partial charge in [0.05, 0.1) is 11.4 Å². The number of hydrazone groups is 2. The molecule has 2 amide bonds. The monoisotopic (exact) mass is 406 g/mol. The van der Waals surface area contributed by atoms with E-state index in [1.54, 1.807) is 0 Å². The summed E-state index contributed by atoms with van der Waals surface area (Å²) >= 11 is 0. The van der Waals surface area contributed by atoms with Crippen LogP contribution in [0.1, 0.15) is 63.5 Å². The Kier molecular flexibility index (Phi) is 10.00. The van der Waals surface area contributed by atoms with Gasteiger partial charge in [-0.2, -0.15) is 10.2 Å². The maximum atomic E-state index is 12.1. The Labute approximate surface area is 178 Å². The van der Waals surface area contributed by atoms with Crippen molar-refractivity contribution in [2.24, 2.45) is 10.2 Å². The third-order valence-electron chi connectivity index (χ3n) is 4.40. The van der Waals surface area contributed by atoms with E-state index in [0.29, 0.717) is 0 Å². The van der Waals surface area contributed by atoms with Crippen LogP contribution in [0, 0.1) is 0 Å². The summed E-state index contributed by atoms with van der Waals surface area (Å²) < 4.78 is 0. The molecule has 0 atom stereocenters. The van der Waals surface area contributed by atoms with E-state index in [2.05, 4.69) is 34.9 Å². The highest BCUT2D eigenvalue weighted by Crippen LogP contribution is 2.07. The molecular formula is C24H30N4O2. The Bertz CT molecular complexity index is 788. The Morgan fingerprint density at radius 2 is 1.00 bits per heavy atom. The van der Waals surface area contributed by atoms with Crippen molar-refractivity contribution in [2.45, 2.75) is 52.4 Å². The fourth-order valence-corrected chi connectivity index (χ4v) is 2.86. The van der Waals surface area contributed by atoms with Crippen molar-refractivity contribution in [2.75, 3.05) is 0 Å². The van der Waals surface area contributed by atoms with Crippen LogP contribution in [-0.4, -0.2) is 23.2 Å². The molecule has 0 heterocycles. The number of hydrogen-bond acceptors (Lipinski definition) is 4. The minimum absolute atomic E-state index is 0.0491. The maximum Gasteiger partial charge on any atom is 0.240 e. The molecule has 30 heavy (non-hydrogen) atoms. The molecule has 0 spiro atoms. The summed E-state index contributed by atoms with van der Waals surface area (Å²) in [6.07, 6.45) is 3.47. The first-order valence-corrected chi connectivity index (χ1v) is 10.5. The van der Waals surface area contributed by atoms with E-state index in [-0.39, 0.29) is 24.7 Å². The predicted octanol–water partition coefficient (Wildman–Crippen LogP) is 4.41. The summed E-state index contributed by atoms with van der Waals surface area (Å²) in [5.74, 6) is -0.592. The van der Waals surface area contributed by atoms with Crippen molar-refractivity contribution >= 4 is 23.2 Å². The molecule has 0 aliphatic rings. The molecule has 0 unspecified atom stereocenters. The molecule has 6 heteroatoms. The minimum Gasteiger partial charge on any atom is -0.273 e. The summed E-state index contributed by atoms with van der Waals surface area (Å²) in [6.45, 7) is 4.13. The van der Waals surface area contributed by atoms with Crippen molar-refractivity contribution in [1.29, 1.82) is 0 Å². The van der Waals surface area contributed by atoms with Crippen molar-refractivity contribution in [3.63, 3.8) is 0 Å². The number of benzene rings is 2. The lowest BCUT2D eigenvalue weighted by Crippen LogP contribution is -2.24. The molecule has 0 aliphatic carbocycles. The molecule has 2 N–H and O–H groups in total. The zero-order chi connectivity index (χ0) is 21.6. The molecule has 158 valence electrons. The Morgan fingerprint density at radius 3 is 1.33 bits per heavy atom. The topological polar surface area (TPSA) is 82.9 Å². The van der Waals surface area contributed by atoms with Crippen LogP contribution in [0.3, 0.4) is 0 Å². The average Bonchev–Trinajstić information content (AvgIpc) is 2.79. The largest absolute Gasteiger partial charge is 0.273 e. The van der Waals surface area contributed by atoms with Gasteiger partial charge in [-0.1, -0.05) is 87.4 Å². The van der Waals surface area contributed by atoms with Crippen LogP contribution >= 0.6 is 0 Å². The normalized spacial score (nSPS) is 11.8. The number of amides is 2. The van der Waals surface area contributed by atoms with Crippen molar-refractivity contribution in [1.82, 2.24) is 10.9 Å². The zero-order valence-corrected chi connectivity index (χ0v) is 17.7. The van der Waals surface area contributed by atoms with Crippen LogP contribution < -0.4 is 10.9 Å². The van der Waals surface area contributed by atoms with Crippen LogP contribution in [0.4, 0.5) is 0 Å². The second-order valence-corrected chi connectivity index (χ2v) is 6.92. The van der Waals surface area contributed by atoms with E-state index < -0.39 is 0 Å². The average molecular weight is 407 g/mol. The third kappa shape index (κ3) is 7.99. The molecule has 6 nitrogen and oxygen atoms in total. The smallest absolute Gasteiger partial charge is 0.240 e. The van der Waals surface area contributed by atoms with Crippen molar-refractivity contribution in [3.8, 4) is 0 Å². The van der Waals surface area contributed by atoms with Crippen LogP contribution in [0.2, 0.25) is 0 Å². The van der Waals surface area contributed by atoms with E-state index >= 15 is 0 Å². The van der Waals surface area contributed by atoms with Gasteiger partial charge in [0.15, 0.2) is 0 Å². The number of nitrogens with zero attached hydrogens (tertiary/aromatic N) is 2. The summed E-state index contributed by atoms with van der Waals surface area (Å²) in [5.41, 5.74) is 8.75. The van der Waals surface area contributed by atoms with E-state index in [0.717, 1.165) is 48.2 Å². The standard InChI is InChI=1S/C24H30N4O2/c1-3-11-21(19-13-7-5-8-14-19)25-27-23(29)17-18-24(30)28-26-22(12-4-2)20-15-9-6-10-16-20/h5-10,13-16H,3-4,11-12,17-18H2,1-2H3,(H,27,29)(H,28,30)/b25-21-,26-22-. The number of carbonyl (C=O) groups is 2. The van der Waals surface area contributed by atoms with Gasteiger partial charge in [-0.25, -0.2) is 10.9 Å². The zero-order valence-electron chi connectivity index (χ0n) is 17.7. The van der Waals surface area contributed by atoms with Crippen LogP contribution in [0.5, 0.6) is 0 Å². The van der Waals surface area contributed by atoms with Crippen LogP contribution in [0.15, 0.2) is 70.9 Å². The summed E-state index contributed by atoms with van der Waals surface area (Å²) in [5, 5.41) is 8.52. The highest BCUT2D eigenvalue weighted by atomic mass is 16.2. The van der Waals surface area contributed by atoms with E-state index in [9.17, 15) is 9.59 Å². The molecule has 0 fully saturated rings. The quantitative estimate of drug-likeness (QED) is 0.428. The van der Waals surface area contributed by atoms with Gasteiger partial charge < -0.3 is 0 Å². The SMILES string of the molecule is CCC/C(=N/NC(=O)CCC(=O)N/N=C(/CCC)c1ccccc1)c1ccccc1. The second kappa shape index (κ2) is 13.0. The summed E-state index contributed by atoms with van der Waals surface area (Å²) in [7, 11) is 0. The molecular weight excluding hydrogens is 376 g/mol. The second-order valence-electron chi connectivity index (χ2n) is 6.92. The number of rotatable bonds is 11. The minimum atomic E-state index is -0.296. The van der Waals surface area contributed by atoms with Gasteiger partial charge in [0.1, 0.15) is 0 Å². The molecule has 2 rings (SSSR count). The number of nitrogens with one attached hydrogen (secondary N) is 2. The Balaban J connectivity index is 1.86. The highest BCUT2D eigenvalue weighted by Gasteiger charge is 2.09. The molecule has 0 saturated heterocycles. The molecule has 2 aromatic carbocycles. The van der Waals surface area contributed by atoms with Gasteiger partial charge in [0, 0.05) is 12.8 Å². The highest BCUT2D eigenvalue weighted by molar-refractivity contribution is 6.01. The first kappa shape index (κ1) is 23.0. The fraction of sp³-hybridized carbons (Fsp3) is 0.333. The lowest BCUT2D eigenvalue weighted by molar-refractivity contribution is -0.126. The predicted molar refractivity (Wildman–Crippen MR) is 121 cm³/mol. The number of carbonyl (C=O) groups excluding carboxylic acids is 2. The molecule has 0 bridgehead atoms. The molecule has 0 aromatic heterocycles. The van der Waals surface area contributed by atoms with Gasteiger partial charge in [-0.05, 0) is 24.0 Å². The summed E-state index contributed by atoms with van der Waals surface area (Å²) in [6, 6.07) is 19.5. The lowest BCUT2D eigenvalue weighted by Gasteiger charge is -2.07. The molecule has 0 radical (unpaired) electrons. The maximum absolute atomic E-state index is 12.1. The van der Waals surface area contributed by atoms with E-state index in [1.165, 1.54) is 0 Å². The Morgan fingerprint density at radius 1 is 0.633 bits per heavy atom. The lowest BCUT2D eigenvalue weighted by atomic mass is 10.1. The molecule has 0 aliphatic heterocycles. The third-order valence-corrected chi connectivity index (χ3v) is 4.40. The molecule has 0 saturated carbocycles. The van der Waals surface area contributed by atoms with Gasteiger partial charge >= 0.3 is 0 Å². The van der Waals surface area contributed by atoms with Gasteiger partial charge in [-0.15, -0.1) is 0 Å². The summed E-state index contributed by atoms with van der Waals surface area (Å²) in [4.78, 5) is 24.2. The van der Waals surface area contributed by atoms with Crippen molar-refractivity contribution < 1.29 is 9.59 Å². The number of hydrogen-bond donors (Lipinski definition) is 2. The van der Waals surface area contributed by atoms with Gasteiger partial charge in [0.25, 0.3) is 0 Å². The first-order chi connectivity index (χ1) is 14.6. The van der Waals surface area contributed by atoms with Crippen molar-refractivity contribution in [3.05, 3.63) is 71.8 Å². The fourth-order valence-electron chi connectivity index (χ4n) is 2.86. The van der Waals surface area contributed by atoms with Crippen LogP contribution in [-0.2, 0) is 9.59 Å². The molecule has 2 aromatic rings. The van der Waals surface area contributed by atoms with Gasteiger partial charge in [0.2, 0.25) is 11.8 Å². The first-order valence-electron chi connectivity index (χ1n) is 10.5. The Hall–Kier alpha value is -3.28.